The van der Waals surface area contributed by atoms with Crippen LogP contribution in [-0.2, 0) is 19.7 Å². The van der Waals surface area contributed by atoms with Crippen LogP contribution in [0.4, 0.5) is 5.69 Å². The van der Waals surface area contributed by atoms with E-state index in [2.05, 4.69) is 39.1 Å². The van der Waals surface area contributed by atoms with Crippen molar-refractivity contribution in [1.29, 1.82) is 0 Å². The van der Waals surface area contributed by atoms with Gasteiger partial charge in [-0.2, -0.15) is 0 Å². The lowest BCUT2D eigenvalue weighted by atomic mass is 10.1. The van der Waals surface area contributed by atoms with Crippen LogP contribution in [0.15, 0.2) is 103 Å². The highest BCUT2D eigenvalue weighted by atomic mass is 35.5. The van der Waals surface area contributed by atoms with Crippen molar-refractivity contribution >= 4 is 70.4 Å². The topological polar surface area (TPSA) is 157 Å². The van der Waals surface area contributed by atoms with Crippen molar-refractivity contribution in [3.05, 3.63) is 88.2 Å². The average Bonchev–Trinajstić information content (AvgIpc) is 3.54. The van der Waals surface area contributed by atoms with Crippen LogP contribution in [0, 0.1) is 0 Å². The first-order valence-electron chi connectivity index (χ1n) is 16.4. The fourth-order valence-electron chi connectivity index (χ4n) is 4.92. The van der Waals surface area contributed by atoms with Crippen LogP contribution in [-0.4, -0.2) is 61.1 Å². The van der Waals surface area contributed by atoms with Crippen LogP contribution < -0.4 is 11.1 Å². The molecular weight excluding hydrogens is 704 g/mol. The summed E-state index contributed by atoms with van der Waals surface area (Å²) in [6.45, 7) is 19.8. The number of nitrogens with two attached hydrogens (primary N) is 1. The first-order valence-corrected chi connectivity index (χ1v) is 19.8. The fraction of sp³-hybridized carbons (Fsp3) is 0.368. The Kier molecular flexibility index (Phi) is 11.5. The Labute approximate surface area is 306 Å². The largest absolute Gasteiger partial charge is 0.384 e. The molecule has 0 bridgehead atoms. The Morgan fingerprint density at radius 2 is 1.14 bits per heavy atom. The van der Waals surface area contributed by atoms with Gasteiger partial charge in [0.05, 0.1) is 54.1 Å². The third-order valence-electron chi connectivity index (χ3n) is 8.84. The Morgan fingerprint density at radius 3 is 1.57 bits per heavy atom. The number of nitrogens with one attached hydrogen (secondary N) is 1. The molecule has 2 aromatic heterocycles. The first kappa shape index (κ1) is 39.7. The molecule has 4 heterocycles. The van der Waals surface area contributed by atoms with Gasteiger partial charge < -0.3 is 11.1 Å². The summed E-state index contributed by atoms with van der Waals surface area (Å²) in [4.78, 5) is 17.6. The molecule has 0 saturated heterocycles. The van der Waals surface area contributed by atoms with Crippen molar-refractivity contribution in [2.45, 2.75) is 88.5 Å². The molecule has 0 saturated carbocycles. The van der Waals surface area contributed by atoms with Gasteiger partial charge >= 0.3 is 0 Å². The monoisotopic (exact) mass is 750 g/mol. The number of hydrogen-bond acceptors (Lipinski definition) is 10. The number of rotatable bonds is 3. The summed E-state index contributed by atoms with van der Waals surface area (Å²) < 4.78 is 48.5. The van der Waals surface area contributed by atoms with E-state index in [1.807, 2.05) is 19.9 Å². The SMILES string of the molecule is CC(C)(C)S(=O)(=O)c1ccc2nccc(Cl)c2c1.CC1=C(C)C(N)=NC1.CC1=C(C)C(Nc2ccnc3ccc(S(=O)(=O)C(C)(C)C)cc23)=NC1. The first-order chi connectivity index (χ1) is 23.6. The van der Waals surface area contributed by atoms with Crippen molar-refractivity contribution < 1.29 is 16.8 Å². The van der Waals surface area contributed by atoms with Gasteiger partial charge in [0.15, 0.2) is 19.7 Å². The Balaban J connectivity index is 0.000000194. The van der Waals surface area contributed by atoms with Crippen LogP contribution in [0.25, 0.3) is 21.8 Å². The second kappa shape index (κ2) is 14.8. The summed E-state index contributed by atoms with van der Waals surface area (Å²) in [5.74, 6) is 1.54. The summed E-state index contributed by atoms with van der Waals surface area (Å²) in [7, 11) is -6.80. The Bertz CT molecular complexity index is 2340. The molecule has 0 spiro atoms. The minimum absolute atomic E-state index is 0.275. The maximum absolute atomic E-state index is 12.8. The third kappa shape index (κ3) is 8.51. The number of aromatic nitrogens is 2. The van der Waals surface area contributed by atoms with Gasteiger partial charge in [0.25, 0.3) is 0 Å². The zero-order valence-electron chi connectivity index (χ0n) is 30.9. The second-order valence-electron chi connectivity index (χ2n) is 14.5. The van der Waals surface area contributed by atoms with Crippen LogP contribution in [0.2, 0.25) is 5.02 Å². The molecule has 272 valence electrons. The van der Waals surface area contributed by atoms with Crippen molar-refractivity contribution in [2.24, 2.45) is 15.7 Å². The zero-order chi connectivity index (χ0) is 38.1. The molecular formula is C38H47ClN6O4S2. The second-order valence-corrected chi connectivity index (χ2v) is 20.4. The predicted molar refractivity (Wildman–Crippen MR) is 212 cm³/mol. The number of sulfone groups is 2. The van der Waals surface area contributed by atoms with Crippen LogP contribution in [0.1, 0.15) is 69.2 Å². The lowest BCUT2D eigenvalue weighted by Crippen LogP contribution is -2.27. The van der Waals surface area contributed by atoms with Gasteiger partial charge in [-0.15, -0.1) is 0 Å². The molecule has 2 aliphatic heterocycles. The van der Waals surface area contributed by atoms with Crippen LogP contribution >= 0.6 is 11.6 Å². The van der Waals surface area contributed by atoms with E-state index in [1.54, 1.807) is 96.4 Å². The standard InChI is InChI=1S/C19H23N3O2S.C13H14ClNO2S.C6H10N2/c1-12-11-21-18(13(12)2)22-17-8-9-20-16-7-6-14(10-15(16)17)25(23,24)19(3,4)5;1-13(2,3)18(16,17)9-4-5-12-10(8-9)11(14)6-7-15-12;1-4-3-8-6(7)5(4)2/h6-10H,11H2,1-5H3,(H,20,21,22);4-8H,1-3H3;3H2,1-2H3,(H2,7,8). The van der Waals surface area contributed by atoms with E-state index in [4.69, 9.17) is 17.3 Å². The maximum Gasteiger partial charge on any atom is 0.183 e. The normalized spacial score (nSPS) is 15.3. The molecule has 0 radical (unpaired) electrons. The number of halogens is 1. The molecule has 51 heavy (non-hydrogen) atoms. The number of hydrogen-bond donors (Lipinski definition) is 2. The highest BCUT2D eigenvalue weighted by Crippen LogP contribution is 2.32. The molecule has 0 amide bonds. The predicted octanol–water partition coefficient (Wildman–Crippen LogP) is 8.12. The van der Waals surface area contributed by atoms with Gasteiger partial charge in [-0.3, -0.25) is 20.0 Å². The zero-order valence-corrected chi connectivity index (χ0v) is 33.3. The summed E-state index contributed by atoms with van der Waals surface area (Å²) in [5, 5.41) is 5.27. The van der Waals surface area contributed by atoms with E-state index in [0.29, 0.717) is 33.2 Å². The summed E-state index contributed by atoms with van der Waals surface area (Å²) >= 11 is 6.06. The van der Waals surface area contributed by atoms with Gasteiger partial charge in [-0.05, 0) is 140 Å². The van der Waals surface area contributed by atoms with E-state index in [-0.39, 0.29) is 4.90 Å². The third-order valence-corrected chi connectivity index (χ3v) is 14.1. The van der Waals surface area contributed by atoms with Gasteiger partial charge in [-0.25, -0.2) is 16.8 Å². The van der Waals surface area contributed by atoms with Crippen molar-refractivity contribution in [1.82, 2.24) is 9.97 Å². The lowest BCUT2D eigenvalue weighted by molar-refractivity contribution is 0.559. The molecule has 2 aliphatic rings. The molecule has 13 heteroatoms. The van der Waals surface area contributed by atoms with E-state index in [0.717, 1.165) is 40.1 Å². The summed E-state index contributed by atoms with van der Waals surface area (Å²) in [6.07, 6.45) is 3.31. The van der Waals surface area contributed by atoms with E-state index < -0.39 is 29.2 Å². The summed E-state index contributed by atoms with van der Waals surface area (Å²) in [6, 6.07) is 13.4. The molecule has 3 N–H and O–H groups in total. The molecule has 0 aliphatic carbocycles. The van der Waals surface area contributed by atoms with Gasteiger partial charge in [0.1, 0.15) is 11.7 Å². The van der Waals surface area contributed by atoms with Gasteiger partial charge in [0.2, 0.25) is 0 Å². The number of amidine groups is 2. The van der Waals surface area contributed by atoms with Crippen LogP contribution in [0.3, 0.4) is 0 Å². The number of benzene rings is 2. The average molecular weight is 751 g/mol. The molecule has 10 nitrogen and oxygen atoms in total. The number of aliphatic imine (C=N–C) groups is 2. The quantitative estimate of drug-likeness (QED) is 0.213. The van der Waals surface area contributed by atoms with Gasteiger partial charge in [0, 0.05) is 23.2 Å². The summed E-state index contributed by atoms with van der Waals surface area (Å²) in [5.41, 5.74) is 12.5. The number of nitrogens with zero attached hydrogens (tertiary/aromatic N) is 4. The minimum atomic E-state index is -3.43. The van der Waals surface area contributed by atoms with E-state index in [9.17, 15) is 16.8 Å². The van der Waals surface area contributed by atoms with Crippen LogP contribution in [0.5, 0.6) is 0 Å². The lowest BCUT2D eigenvalue weighted by Gasteiger charge is -2.20. The number of pyridine rings is 2. The number of fused-ring (bicyclic) bond motifs is 2. The van der Waals surface area contributed by atoms with Crippen molar-refractivity contribution in [2.75, 3.05) is 18.4 Å². The highest BCUT2D eigenvalue weighted by molar-refractivity contribution is 7.93. The fourth-order valence-corrected chi connectivity index (χ4v) is 7.59. The maximum atomic E-state index is 12.8. The highest BCUT2D eigenvalue weighted by Gasteiger charge is 2.32. The minimum Gasteiger partial charge on any atom is -0.384 e. The van der Waals surface area contributed by atoms with Gasteiger partial charge in [-0.1, -0.05) is 11.6 Å². The molecule has 0 unspecified atom stereocenters. The smallest absolute Gasteiger partial charge is 0.183 e. The molecule has 4 aromatic rings. The van der Waals surface area contributed by atoms with Crippen molar-refractivity contribution in [3.63, 3.8) is 0 Å². The van der Waals surface area contributed by atoms with Crippen molar-refractivity contribution in [3.8, 4) is 0 Å². The van der Waals surface area contributed by atoms with E-state index in [1.165, 1.54) is 11.1 Å². The number of anilines is 1. The molecule has 0 fully saturated rings. The van der Waals surface area contributed by atoms with E-state index >= 15 is 0 Å². The Morgan fingerprint density at radius 1 is 0.667 bits per heavy atom. The molecule has 0 atom stereocenters. The molecule has 6 rings (SSSR count). The molecule has 2 aromatic carbocycles. The Hall–Kier alpha value is -4.13.